The van der Waals surface area contributed by atoms with Gasteiger partial charge in [0.1, 0.15) is 0 Å². The Morgan fingerprint density at radius 1 is 0.857 bits per heavy atom. The fourth-order valence-electron chi connectivity index (χ4n) is 1.74. The zero-order valence-corrected chi connectivity index (χ0v) is 10.7. The standard InChI is InChI=1S/C13H29N/c1-5-8-10-12-14(11-9-6-2)13(4)7-3/h13H,5-12H2,1-4H3. The Bertz CT molecular complexity index is 112. The summed E-state index contributed by atoms with van der Waals surface area (Å²) >= 11 is 0. The predicted molar refractivity (Wildman–Crippen MR) is 65.8 cm³/mol. The molecule has 14 heavy (non-hydrogen) atoms. The molecular formula is C13H29N. The third-order valence-electron chi connectivity index (χ3n) is 3.06. The van der Waals surface area contributed by atoms with Crippen LogP contribution in [-0.4, -0.2) is 24.0 Å². The Balaban J connectivity index is 3.72. The maximum atomic E-state index is 2.67. The van der Waals surface area contributed by atoms with Crippen molar-refractivity contribution >= 4 is 0 Å². The van der Waals surface area contributed by atoms with Crippen LogP contribution >= 0.6 is 0 Å². The summed E-state index contributed by atoms with van der Waals surface area (Å²) in [5, 5.41) is 0. The van der Waals surface area contributed by atoms with E-state index in [2.05, 4.69) is 32.6 Å². The van der Waals surface area contributed by atoms with E-state index >= 15 is 0 Å². The van der Waals surface area contributed by atoms with E-state index in [1.165, 1.54) is 51.6 Å². The summed E-state index contributed by atoms with van der Waals surface area (Å²) in [6.45, 7) is 11.8. The normalized spacial score (nSPS) is 13.5. The maximum absolute atomic E-state index is 2.67. The van der Waals surface area contributed by atoms with E-state index in [0.29, 0.717) is 0 Å². The molecule has 0 aromatic heterocycles. The molecule has 0 aromatic carbocycles. The van der Waals surface area contributed by atoms with Crippen LogP contribution < -0.4 is 0 Å². The van der Waals surface area contributed by atoms with Gasteiger partial charge in [-0.25, -0.2) is 0 Å². The molecule has 1 heteroatoms. The van der Waals surface area contributed by atoms with Gasteiger partial charge in [0.25, 0.3) is 0 Å². The van der Waals surface area contributed by atoms with Crippen LogP contribution in [0.5, 0.6) is 0 Å². The van der Waals surface area contributed by atoms with Crippen molar-refractivity contribution in [3.05, 3.63) is 0 Å². The van der Waals surface area contributed by atoms with Gasteiger partial charge in [0.05, 0.1) is 0 Å². The minimum Gasteiger partial charge on any atom is -0.301 e. The summed E-state index contributed by atoms with van der Waals surface area (Å²) in [6.07, 6.45) is 8.07. The van der Waals surface area contributed by atoms with Crippen molar-refractivity contribution in [3.63, 3.8) is 0 Å². The minimum atomic E-state index is 0.776. The van der Waals surface area contributed by atoms with E-state index in [1.807, 2.05) is 0 Å². The molecule has 0 aliphatic carbocycles. The zero-order chi connectivity index (χ0) is 10.8. The summed E-state index contributed by atoms with van der Waals surface area (Å²) in [5.41, 5.74) is 0. The van der Waals surface area contributed by atoms with Crippen LogP contribution in [0, 0.1) is 0 Å². The highest BCUT2D eigenvalue weighted by Gasteiger charge is 2.10. The van der Waals surface area contributed by atoms with Crippen LogP contribution in [0.3, 0.4) is 0 Å². The van der Waals surface area contributed by atoms with Crippen molar-refractivity contribution in [2.75, 3.05) is 13.1 Å². The fraction of sp³-hybridized carbons (Fsp3) is 1.00. The van der Waals surface area contributed by atoms with Crippen molar-refractivity contribution in [2.24, 2.45) is 0 Å². The molecule has 0 fully saturated rings. The van der Waals surface area contributed by atoms with E-state index in [9.17, 15) is 0 Å². The molecule has 0 bridgehead atoms. The van der Waals surface area contributed by atoms with Crippen LogP contribution in [0.4, 0.5) is 0 Å². The molecule has 86 valence electrons. The molecule has 1 atom stereocenters. The maximum Gasteiger partial charge on any atom is 0.00643 e. The fourth-order valence-corrected chi connectivity index (χ4v) is 1.74. The number of rotatable bonds is 9. The van der Waals surface area contributed by atoms with Crippen molar-refractivity contribution in [1.29, 1.82) is 0 Å². The first-order valence-electron chi connectivity index (χ1n) is 6.50. The topological polar surface area (TPSA) is 3.24 Å². The van der Waals surface area contributed by atoms with Gasteiger partial charge in [-0.1, -0.05) is 40.0 Å². The predicted octanol–water partition coefficient (Wildman–Crippen LogP) is 4.08. The average molecular weight is 199 g/mol. The molecule has 0 aromatic rings. The lowest BCUT2D eigenvalue weighted by atomic mass is 10.1. The van der Waals surface area contributed by atoms with Gasteiger partial charge in [0.2, 0.25) is 0 Å². The number of unbranched alkanes of at least 4 members (excludes halogenated alkanes) is 3. The molecular weight excluding hydrogens is 170 g/mol. The van der Waals surface area contributed by atoms with Gasteiger partial charge in [0.15, 0.2) is 0 Å². The highest BCUT2D eigenvalue weighted by molar-refractivity contribution is 4.65. The molecule has 1 nitrogen and oxygen atoms in total. The van der Waals surface area contributed by atoms with Crippen LogP contribution in [0.25, 0.3) is 0 Å². The Hall–Kier alpha value is -0.0400. The van der Waals surface area contributed by atoms with Gasteiger partial charge in [0, 0.05) is 6.04 Å². The molecule has 0 aliphatic rings. The Labute approximate surface area is 90.9 Å². The van der Waals surface area contributed by atoms with Crippen molar-refractivity contribution in [1.82, 2.24) is 4.90 Å². The first-order chi connectivity index (χ1) is 6.76. The first-order valence-corrected chi connectivity index (χ1v) is 6.50. The van der Waals surface area contributed by atoms with E-state index in [1.54, 1.807) is 0 Å². The van der Waals surface area contributed by atoms with Crippen LogP contribution in [0.2, 0.25) is 0 Å². The third kappa shape index (κ3) is 6.42. The molecule has 1 unspecified atom stereocenters. The van der Waals surface area contributed by atoms with Gasteiger partial charge >= 0.3 is 0 Å². The molecule has 0 saturated carbocycles. The molecule has 0 aliphatic heterocycles. The highest BCUT2D eigenvalue weighted by atomic mass is 15.1. The summed E-state index contributed by atoms with van der Waals surface area (Å²) < 4.78 is 0. The quantitative estimate of drug-likeness (QED) is 0.506. The first kappa shape index (κ1) is 14.0. The Morgan fingerprint density at radius 3 is 1.93 bits per heavy atom. The number of hydrogen-bond donors (Lipinski definition) is 0. The molecule has 0 heterocycles. The van der Waals surface area contributed by atoms with Gasteiger partial charge in [-0.15, -0.1) is 0 Å². The molecule has 0 N–H and O–H groups in total. The smallest absolute Gasteiger partial charge is 0.00643 e. The van der Waals surface area contributed by atoms with Crippen LogP contribution in [0.15, 0.2) is 0 Å². The number of nitrogens with zero attached hydrogens (tertiary/aromatic N) is 1. The van der Waals surface area contributed by atoms with Gasteiger partial charge < -0.3 is 4.90 Å². The third-order valence-corrected chi connectivity index (χ3v) is 3.06. The summed E-state index contributed by atoms with van der Waals surface area (Å²) in [7, 11) is 0. The molecule has 0 rings (SSSR count). The van der Waals surface area contributed by atoms with E-state index < -0.39 is 0 Å². The molecule has 0 amide bonds. The van der Waals surface area contributed by atoms with Gasteiger partial charge in [-0.3, -0.25) is 0 Å². The lowest BCUT2D eigenvalue weighted by molar-refractivity contribution is 0.197. The monoisotopic (exact) mass is 199 g/mol. The molecule has 0 radical (unpaired) electrons. The van der Waals surface area contributed by atoms with Crippen LogP contribution in [0.1, 0.15) is 66.2 Å². The average Bonchev–Trinajstić information content (AvgIpc) is 2.22. The molecule has 0 saturated heterocycles. The summed E-state index contributed by atoms with van der Waals surface area (Å²) in [5.74, 6) is 0. The highest BCUT2D eigenvalue weighted by Crippen LogP contribution is 2.08. The summed E-state index contributed by atoms with van der Waals surface area (Å²) in [6, 6.07) is 0.776. The van der Waals surface area contributed by atoms with E-state index in [4.69, 9.17) is 0 Å². The summed E-state index contributed by atoms with van der Waals surface area (Å²) in [4.78, 5) is 2.67. The van der Waals surface area contributed by atoms with Gasteiger partial charge in [-0.2, -0.15) is 0 Å². The second kappa shape index (κ2) is 9.51. The zero-order valence-electron chi connectivity index (χ0n) is 10.7. The second-order valence-corrected chi connectivity index (χ2v) is 4.35. The van der Waals surface area contributed by atoms with Crippen molar-refractivity contribution < 1.29 is 0 Å². The lowest BCUT2D eigenvalue weighted by Gasteiger charge is -2.28. The van der Waals surface area contributed by atoms with Gasteiger partial charge in [-0.05, 0) is 39.3 Å². The van der Waals surface area contributed by atoms with Crippen molar-refractivity contribution in [3.8, 4) is 0 Å². The van der Waals surface area contributed by atoms with E-state index in [0.717, 1.165) is 6.04 Å². The largest absolute Gasteiger partial charge is 0.301 e. The number of hydrogen-bond acceptors (Lipinski definition) is 1. The Morgan fingerprint density at radius 2 is 1.43 bits per heavy atom. The van der Waals surface area contributed by atoms with Crippen LogP contribution in [-0.2, 0) is 0 Å². The second-order valence-electron chi connectivity index (χ2n) is 4.35. The minimum absolute atomic E-state index is 0.776. The molecule has 0 spiro atoms. The SMILES string of the molecule is CCCCCN(CCCC)C(C)CC. The van der Waals surface area contributed by atoms with E-state index in [-0.39, 0.29) is 0 Å². The Kier molecular flexibility index (Phi) is 9.49. The van der Waals surface area contributed by atoms with Crippen molar-refractivity contribution in [2.45, 2.75) is 72.3 Å². The lowest BCUT2D eigenvalue weighted by Crippen LogP contribution is -2.34.